The number of benzene rings is 2. The van der Waals surface area contributed by atoms with Gasteiger partial charge in [-0.2, -0.15) is 0 Å². The number of rotatable bonds is 9. The molecule has 166 valence electrons. The van der Waals surface area contributed by atoms with Crippen LogP contribution in [0.5, 0.6) is 23.0 Å². The second kappa shape index (κ2) is 10.1. The predicted octanol–water partition coefficient (Wildman–Crippen LogP) is 2.78. The zero-order valence-corrected chi connectivity index (χ0v) is 18.3. The Labute approximate surface area is 182 Å². The fraction of sp³-hybridized carbons (Fsp3) is 0.391. The maximum Gasteiger partial charge on any atom is 0.227 e. The average Bonchev–Trinajstić information content (AvgIpc) is 3.19. The lowest BCUT2D eigenvalue weighted by Gasteiger charge is -2.18. The molecule has 0 aliphatic carbocycles. The molecule has 1 atom stereocenters. The molecule has 2 amide bonds. The molecule has 2 aromatic rings. The molecule has 1 saturated heterocycles. The molecule has 0 saturated carbocycles. The van der Waals surface area contributed by atoms with Gasteiger partial charge in [0.25, 0.3) is 0 Å². The summed E-state index contributed by atoms with van der Waals surface area (Å²) in [6.45, 7) is 3.08. The highest BCUT2D eigenvalue weighted by Crippen LogP contribution is 2.34. The number of anilines is 1. The number of amides is 2. The van der Waals surface area contributed by atoms with Crippen molar-refractivity contribution in [3.05, 3.63) is 42.0 Å². The third-order valence-corrected chi connectivity index (χ3v) is 5.19. The SMILES string of the molecule is CCOc1ccc(N2CC(C(=O)NCc3cc(OC)c(OC)cc3OC)CC2=O)cc1. The molecule has 1 heterocycles. The van der Waals surface area contributed by atoms with Crippen LogP contribution < -0.4 is 29.2 Å². The van der Waals surface area contributed by atoms with Crippen LogP contribution in [-0.2, 0) is 16.1 Å². The van der Waals surface area contributed by atoms with Crippen molar-refractivity contribution in [1.82, 2.24) is 5.32 Å². The predicted molar refractivity (Wildman–Crippen MR) is 116 cm³/mol. The second-order valence-electron chi connectivity index (χ2n) is 7.07. The fourth-order valence-corrected chi connectivity index (χ4v) is 3.58. The summed E-state index contributed by atoms with van der Waals surface area (Å²) < 4.78 is 21.5. The van der Waals surface area contributed by atoms with Crippen LogP contribution in [0, 0.1) is 5.92 Å². The van der Waals surface area contributed by atoms with Gasteiger partial charge in [0.1, 0.15) is 11.5 Å². The molecule has 3 rings (SSSR count). The van der Waals surface area contributed by atoms with Crippen LogP contribution >= 0.6 is 0 Å². The van der Waals surface area contributed by atoms with E-state index in [1.54, 1.807) is 38.4 Å². The van der Waals surface area contributed by atoms with E-state index < -0.39 is 5.92 Å². The van der Waals surface area contributed by atoms with Gasteiger partial charge in [-0.3, -0.25) is 9.59 Å². The van der Waals surface area contributed by atoms with Gasteiger partial charge in [-0.25, -0.2) is 0 Å². The van der Waals surface area contributed by atoms with Gasteiger partial charge >= 0.3 is 0 Å². The summed E-state index contributed by atoms with van der Waals surface area (Å²) in [6, 6.07) is 10.8. The lowest BCUT2D eigenvalue weighted by Crippen LogP contribution is -2.32. The Hall–Kier alpha value is -3.42. The van der Waals surface area contributed by atoms with Gasteiger partial charge < -0.3 is 29.2 Å². The Kier molecular flexibility index (Phi) is 7.23. The van der Waals surface area contributed by atoms with Crippen LogP contribution in [0.25, 0.3) is 0 Å². The smallest absolute Gasteiger partial charge is 0.227 e. The molecule has 0 bridgehead atoms. The Morgan fingerprint density at radius 2 is 1.68 bits per heavy atom. The van der Waals surface area contributed by atoms with Gasteiger partial charge in [-0.1, -0.05) is 0 Å². The van der Waals surface area contributed by atoms with Crippen LogP contribution in [0.2, 0.25) is 0 Å². The molecular weight excluding hydrogens is 400 g/mol. The van der Waals surface area contributed by atoms with Crippen molar-refractivity contribution < 1.29 is 28.5 Å². The van der Waals surface area contributed by atoms with Crippen molar-refractivity contribution in [2.24, 2.45) is 5.92 Å². The number of carbonyl (C=O) groups excluding carboxylic acids is 2. The van der Waals surface area contributed by atoms with Crippen molar-refractivity contribution in [2.75, 3.05) is 39.4 Å². The van der Waals surface area contributed by atoms with Crippen LogP contribution in [0.15, 0.2) is 36.4 Å². The summed E-state index contributed by atoms with van der Waals surface area (Å²) in [4.78, 5) is 26.9. The summed E-state index contributed by atoms with van der Waals surface area (Å²) in [7, 11) is 4.65. The maximum atomic E-state index is 12.8. The highest BCUT2D eigenvalue weighted by Gasteiger charge is 2.35. The first-order valence-corrected chi connectivity index (χ1v) is 10.1. The minimum Gasteiger partial charge on any atom is -0.496 e. The largest absolute Gasteiger partial charge is 0.496 e. The molecule has 1 aliphatic rings. The normalized spacial score (nSPS) is 15.5. The number of nitrogens with zero attached hydrogens (tertiary/aromatic N) is 1. The van der Waals surface area contributed by atoms with Crippen molar-refractivity contribution >= 4 is 17.5 Å². The van der Waals surface area contributed by atoms with Crippen molar-refractivity contribution in [2.45, 2.75) is 19.9 Å². The van der Waals surface area contributed by atoms with E-state index in [-0.39, 0.29) is 24.8 Å². The van der Waals surface area contributed by atoms with Crippen LogP contribution in [0.1, 0.15) is 18.9 Å². The van der Waals surface area contributed by atoms with Crippen LogP contribution in [-0.4, -0.2) is 46.3 Å². The van der Waals surface area contributed by atoms with E-state index in [0.717, 1.165) is 17.0 Å². The van der Waals surface area contributed by atoms with Gasteiger partial charge in [-0.15, -0.1) is 0 Å². The highest BCUT2D eigenvalue weighted by molar-refractivity contribution is 6.00. The number of ether oxygens (including phenoxy) is 4. The molecular formula is C23H28N2O6. The lowest BCUT2D eigenvalue weighted by atomic mass is 10.1. The van der Waals surface area contributed by atoms with Crippen molar-refractivity contribution in [3.8, 4) is 23.0 Å². The topological polar surface area (TPSA) is 86.3 Å². The van der Waals surface area contributed by atoms with E-state index >= 15 is 0 Å². The highest BCUT2D eigenvalue weighted by atomic mass is 16.5. The van der Waals surface area contributed by atoms with Crippen molar-refractivity contribution in [3.63, 3.8) is 0 Å². The Morgan fingerprint density at radius 1 is 1.03 bits per heavy atom. The number of methoxy groups -OCH3 is 3. The Morgan fingerprint density at radius 3 is 2.29 bits per heavy atom. The minimum absolute atomic E-state index is 0.0759. The summed E-state index contributed by atoms with van der Waals surface area (Å²) >= 11 is 0. The van der Waals surface area contributed by atoms with Gasteiger partial charge in [0.05, 0.1) is 33.9 Å². The van der Waals surface area contributed by atoms with E-state index in [1.165, 1.54) is 0 Å². The standard InChI is InChI=1S/C23H28N2O6/c1-5-31-18-8-6-17(7-9-18)25-14-16(11-22(25)26)23(27)24-13-15-10-20(29-3)21(30-4)12-19(15)28-2/h6-10,12,16H,5,11,13-14H2,1-4H3,(H,24,27). The third-order valence-electron chi connectivity index (χ3n) is 5.19. The average molecular weight is 428 g/mol. The first kappa shape index (κ1) is 22.3. The van der Waals surface area contributed by atoms with E-state index in [0.29, 0.717) is 30.4 Å². The summed E-state index contributed by atoms with van der Waals surface area (Å²) in [6.07, 6.45) is 0.169. The molecule has 2 aromatic carbocycles. The quantitative estimate of drug-likeness (QED) is 0.661. The number of carbonyl (C=O) groups is 2. The Bertz CT molecular complexity index is 928. The second-order valence-corrected chi connectivity index (χ2v) is 7.07. The fourth-order valence-electron chi connectivity index (χ4n) is 3.58. The first-order valence-electron chi connectivity index (χ1n) is 10.1. The van der Waals surface area contributed by atoms with Gasteiger partial charge in [0, 0.05) is 36.8 Å². The van der Waals surface area contributed by atoms with Gasteiger partial charge in [0.15, 0.2) is 11.5 Å². The monoisotopic (exact) mass is 428 g/mol. The van der Waals surface area contributed by atoms with E-state index in [4.69, 9.17) is 18.9 Å². The van der Waals surface area contributed by atoms with E-state index in [2.05, 4.69) is 5.32 Å². The number of hydrogen-bond acceptors (Lipinski definition) is 6. The van der Waals surface area contributed by atoms with Crippen LogP contribution in [0.4, 0.5) is 5.69 Å². The van der Waals surface area contributed by atoms with E-state index in [1.807, 2.05) is 31.2 Å². The molecule has 1 aliphatic heterocycles. The summed E-state index contributed by atoms with van der Waals surface area (Å²) in [5.74, 6) is 1.73. The Balaban J connectivity index is 1.64. The zero-order chi connectivity index (χ0) is 22.4. The van der Waals surface area contributed by atoms with E-state index in [9.17, 15) is 9.59 Å². The third kappa shape index (κ3) is 5.02. The molecule has 0 radical (unpaired) electrons. The molecule has 31 heavy (non-hydrogen) atoms. The molecule has 1 fully saturated rings. The van der Waals surface area contributed by atoms with Gasteiger partial charge in [0.2, 0.25) is 11.8 Å². The number of nitrogens with one attached hydrogen (secondary N) is 1. The maximum absolute atomic E-state index is 12.8. The number of hydrogen-bond donors (Lipinski definition) is 1. The van der Waals surface area contributed by atoms with Crippen LogP contribution in [0.3, 0.4) is 0 Å². The summed E-state index contributed by atoms with van der Waals surface area (Å²) in [5, 5.41) is 2.91. The van der Waals surface area contributed by atoms with Gasteiger partial charge in [-0.05, 0) is 37.3 Å². The van der Waals surface area contributed by atoms with Crippen molar-refractivity contribution in [1.29, 1.82) is 0 Å². The molecule has 0 spiro atoms. The first-order chi connectivity index (χ1) is 15.0. The minimum atomic E-state index is -0.426. The zero-order valence-electron chi connectivity index (χ0n) is 18.3. The molecule has 1 N–H and O–H groups in total. The molecule has 8 nitrogen and oxygen atoms in total. The molecule has 1 unspecified atom stereocenters. The lowest BCUT2D eigenvalue weighted by molar-refractivity contribution is -0.126. The summed E-state index contributed by atoms with van der Waals surface area (Å²) in [5.41, 5.74) is 1.51. The molecule has 0 aromatic heterocycles. The molecule has 8 heteroatoms.